The maximum Gasteiger partial charge on any atom is 0.320 e. The Bertz CT molecular complexity index is 301. The van der Waals surface area contributed by atoms with Crippen molar-refractivity contribution in [2.45, 2.75) is 58.0 Å². The standard InChI is InChI=1S/C13H24N2O3/c1-4-15(10(2)9-12(16)17)13(18)14(3)11-7-5-6-8-11/h10-11H,4-9H2,1-3H3,(H,16,17). The molecular formula is C13H24N2O3. The Morgan fingerprint density at radius 2 is 1.89 bits per heavy atom. The lowest BCUT2D eigenvalue weighted by Crippen LogP contribution is -2.49. The van der Waals surface area contributed by atoms with Crippen LogP contribution in [0.2, 0.25) is 0 Å². The van der Waals surface area contributed by atoms with Gasteiger partial charge in [-0.3, -0.25) is 4.79 Å². The molecule has 1 N–H and O–H groups in total. The van der Waals surface area contributed by atoms with Gasteiger partial charge in [-0.1, -0.05) is 12.8 Å². The van der Waals surface area contributed by atoms with Crippen molar-refractivity contribution in [1.29, 1.82) is 0 Å². The van der Waals surface area contributed by atoms with Crippen LogP contribution in [-0.4, -0.2) is 52.6 Å². The van der Waals surface area contributed by atoms with Crippen molar-refractivity contribution in [3.63, 3.8) is 0 Å². The van der Waals surface area contributed by atoms with Crippen molar-refractivity contribution in [3.8, 4) is 0 Å². The largest absolute Gasteiger partial charge is 0.481 e. The first kappa shape index (κ1) is 14.8. The molecule has 1 rings (SSSR count). The molecule has 104 valence electrons. The molecule has 0 heterocycles. The molecule has 1 atom stereocenters. The lowest BCUT2D eigenvalue weighted by atomic mass is 10.2. The van der Waals surface area contributed by atoms with Gasteiger partial charge in [-0.2, -0.15) is 0 Å². The van der Waals surface area contributed by atoms with Crippen LogP contribution in [0.3, 0.4) is 0 Å². The Morgan fingerprint density at radius 3 is 2.33 bits per heavy atom. The topological polar surface area (TPSA) is 60.9 Å². The molecule has 0 radical (unpaired) electrons. The van der Waals surface area contributed by atoms with Crippen molar-refractivity contribution in [2.24, 2.45) is 0 Å². The van der Waals surface area contributed by atoms with Gasteiger partial charge in [0.05, 0.1) is 6.42 Å². The molecular weight excluding hydrogens is 232 g/mol. The van der Waals surface area contributed by atoms with Gasteiger partial charge in [-0.25, -0.2) is 4.79 Å². The van der Waals surface area contributed by atoms with E-state index in [0.717, 1.165) is 12.8 Å². The SMILES string of the molecule is CCN(C(=O)N(C)C1CCCC1)C(C)CC(=O)O. The smallest absolute Gasteiger partial charge is 0.320 e. The number of nitrogens with zero attached hydrogens (tertiary/aromatic N) is 2. The quantitative estimate of drug-likeness (QED) is 0.820. The number of carboxylic acid groups (broad SMARTS) is 1. The maximum absolute atomic E-state index is 12.3. The first-order valence-corrected chi connectivity index (χ1v) is 6.72. The average Bonchev–Trinajstić information content (AvgIpc) is 2.81. The van der Waals surface area contributed by atoms with Gasteiger partial charge in [0, 0.05) is 25.7 Å². The lowest BCUT2D eigenvalue weighted by Gasteiger charge is -2.34. The van der Waals surface area contributed by atoms with E-state index >= 15 is 0 Å². The minimum Gasteiger partial charge on any atom is -0.481 e. The van der Waals surface area contributed by atoms with E-state index in [4.69, 9.17) is 5.11 Å². The zero-order chi connectivity index (χ0) is 13.7. The van der Waals surface area contributed by atoms with E-state index in [0.29, 0.717) is 12.6 Å². The van der Waals surface area contributed by atoms with E-state index in [1.54, 1.807) is 16.7 Å². The zero-order valence-corrected chi connectivity index (χ0v) is 11.6. The molecule has 2 amide bonds. The average molecular weight is 256 g/mol. The minimum atomic E-state index is -0.864. The summed E-state index contributed by atoms with van der Waals surface area (Å²) in [5, 5.41) is 8.81. The van der Waals surface area contributed by atoms with Crippen LogP contribution in [0.25, 0.3) is 0 Å². The molecule has 1 fully saturated rings. The van der Waals surface area contributed by atoms with Crippen LogP contribution in [0.1, 0.15) is 46.0 Å². The highest BCUT2D eigenvalue weighted by atomic mass is 16.4. The normalized spacial score (nSPS) is 17.5. The second kappa shape index (κ2) is 6.61. The van der Waals surface area contributed by atoms with Gasteiger partial charge in [0.25, 0.3) is 0 Å². The Labute approximate surface area is 109 Å². The highest BCUT2D eigenvalue weighted by molar-refractivity contribution is 5.76. The zero-order valence-electron chi connectivity index (χ0n) is 11.6. The molecule has 18 heavy (non-hydrogen) atoms. The molecule has 5 heteroatoms. The highest BCUT2D eigenvalue weighted by Gasteiger charge is 2.29. The lowest BCUT2D eigenvalue weighted by molar-refractivity contribution is -0.138. The summed E-state index contributed by atoms with van der Waals surface area (Å²) in [4.78, 5) is 26.5. The Kier molecular flexibility index (Phi) is 5.44. The molecule has 5 nitrogen and oxygen atoms in total. The molecule has 1 aliphatic carbocycles. The molecule has 0 spiro atoms. The van der Waals surface area contributed by atoms with Crippen LogP contribution in [0.4, 0.5) is 4.79 Å². The molecule has 0 aliphatic heterocycles. The summed E-state index contributed by atoms with van der Waals surface area (Å²) in [6.07, 6.45) is 4.48. The van der Waals surface area contributed by atoms with Gasteiger partial charge in [0.2, 0.25) is 0 Å². The number of amides is 2. The fourth-order valence-corrected chi connectivity index (χ4v) is 2.65. The molecule has 0 aromatic rings. The number of carbonyl (C=O) groups is 2. The van der Waals surface area contributed by atoms with Gasteiger partial charge >= 0.3 is 12.0 Å². The van der Waals surface area contributed by atoms with Crippen LogP contribution < -0.4 is 0 Å². The maximum atomic E-state index is 12.3. The molecule has 1 unspecified atom stereocenters. The van der Waals surface area contributed by atoms with Gasteiger partial charge in [0.15, 0.2) is 0 Å². The van der Waals surface area contributed by atoms with Gasteiger partial charge < -0.3 is 14.9 Å². The van der Waals surface area contributed by atoms with Crippen molar-refractivity contribution in [2.75, 3.05) is 13.6 Å². The molecule has 0 bridgehead atoms. The number of urea groups is 1. The summed E-state index contributed by atoms with van der Waals surface area (Å²) in [5.74, 6) is -0.864. The van der Waals surface area contributed by atoms with Crippen LogP contribution in [0.15, 0.2) is 0 Å². The van der Waals surface area contributed by atoms with E-state index in [9.17, 15) is 9.59 Å². The highest BCUT2D eigenvalue weighted by Crippen LogP contribution is 2.23. The molecule has 0 aromatic heterocycles. The van der Waals surface area contributed by atoms with Crippen molar-refractivity contribution < 1.29 is 14.7 Å². The van der Waals surface area contributed by atoms with Gasteiger partial charge in [-0.15, -0.1) is 0 Å². The summed E-state index contributed by atoms with van der Waals surface area (Å²) in [6, 6.07) is 0.0191. The minimum absolute atomic E-state index is 0.00190. The number of carbonyl (C=O) groups excluding carboxylic acids is 1. The van der Waals surface area contributed by atoms with Crippen LogP contribution in [0.5, 0.6) is 0 Å². The number of carboxylic acids is 1. The summed E-state index contributed by atoms with van der Waals surface area (Å²) in [5.41, 5.74) is 0. The predicted molar refractivity (Wildman–Crippen MR) is 69.5 cm³/mol. The third-order valence-electron chi connectivity index (χ3n) is 3.76. The summed E-state index contributed by atoms with van der Waals surface area (Å²) < 4.78 is 0. The van der Waals surface area contributed by atoms with E-state index in [1.807, 2.05) is 14.0 Å². The first-order chi connectivity index (χ1) is 8.47. The van der Waals surface area contributed by atoms with Crippen molar-refractivity contribution in [1.82, 2.24) is 9.80 Å². The Balaban J connectivity index is 2.62. The summed E-state index contributed by atoms with van der Waals surface area (Å²) in [6.45, 7) is 4.22. The Hall–Kier alpha value is -1.26. The molecule has 0 aromatic carbocycles. The van der Waals surface area contributed by atoms with E-state index in [-0.39, 0.29) is 18.5 Å². The summed E-state index contributed by atoms with van der Waals surface area (Å²) in [7, 11) is 1.83. The van der Waals surface area contributed by atoms with E-state index in [1.165, 1.54) is 12.8 Å². The molecule has 1 saturated carbocycles. The Morgan fingerprint density at radius 1 is 1.33 bits per heavy atom. The number of hydrogen-bond donors (Lipinski definition) is 1. The molecule has 1 aliphatic rings. The third-order valence-corrected chi connectivity index (χ3v) is 3.76. The van der Waals surface area contributed by atoms with Gasteiger partial charge in [0.1, 0.15) is 0 Å². The fraction of sp³-hybridized carbons (Fsp3) is 0.846. The number of hydrogen-bond acceptors (Lipinski definition) is 2. The monoisotopic (exact) mass is 256 g/mol. The fourth-order valence-electron chi connectivity index (χ4n) is 2.65. The van der Waals surface area contributed by atoms with Crippen molar-refractivity contribution >= 4 is 12.0 Å². The first-order valence-electron chi connectivity index (χ1n) is 6.72. The second-order valence-electron chi connectivity index (χ2n) is 5.06. The van der Waals surface area contributed by atoms with Crippen LogP contribution in [0, 0.1) is 0 Å². The number of aliphatic carboxylic acids is 1. The van der Waals surface area contributed by atoms with Crippen molar-refractivity contribution in [3.05, 3.63) is 0 Å². The van der Waals surface area contributed by atoms with E-state index < -0.39 is 5.97 Å². The van der Waals surface area contributed by atoms with Crippen LogP contribution in [-0.2, 0) is 4.79 Å². The second-order valence-corrected chi connectivity index (χ2v) is 5.06. The van der Waals surface area contributed by atoms with Gasteiger partial charge in [-0.05, 0) is 26.7 Å². The molecule has 0 saturated heterocycles. The summed E-state index contributed by atoms with van der Waals surface area (Å²) >= 11 is 0. The number of rotatable bonds is 5. The van der Waals surface area contributed by atoms with E-state index in [2.05, 4.69) is 0 Å². The predicted octanol–water partition coefficient (Wildman–Crippen LogP) is 2.17. The van der Waals surface area contributed by atoms with Crippen LogP contribution >= 0.6 is 0 Å². The third kappa shape index (κ3) is 3.62.